The lowest BCUT2D eigenvalue weighted by molar-refractivity contribution is 0.349. The van der Waals surface area contributed by atoms with E-state index < -0.39 is 0 Å². The molecule has 0 radical (unpaired) electrons. The summed E-state index contributed by atoms with van der Waals surface area (Å²) in [6.07, 6.45) is 0. The van der Waals surface area contributed by atoms with Crippen LogP contribution in [0.25, 0.3) is 0 Å². The number of halogens is 1. The number of aryl methyl sites for hydroxylation is 1. The largest absolute Gasteiger partial charge is 0.493 e. The monoisotopic (exact) mass is 289 g/mol. The van der Waals surface area contributed by atoms with Crippen molar-refractivity contribution in [2.45, 2.75) is 13.0 Å². The first-order valence-electron chi connectivity index (χ1n) is 6.76. The highest BCUT2D eigenvalue weighted by molar-refractivity contribution is 5.51. The number of ether oxygens (including phenoxy) is 2. The predicted octanol–water partition coefficient (Wildman–Crippen LogP) is 3.46. The van der Waals surface area contributed by atoms with Gasteiger partial charge in [-0.1, -0.05) is 18.2 Å². The standard InChI is InChI=1S/C17H20FNO2/c1-11-8-9-12(18)10-14(11)16(19-2)13-6-5-7-15(20-3)17(13)21-4/h5-10,16,19H,1-4H3. The molecule has 2 rings (SSSR count). The van der Waals surface area contributed by atoms with Crippen LogP contribution in [0.5, 0.6) is 11.5 Å². The van der Waals surface area contributed by atoms with Crippen LogP contribution in [-0.4, -0.2) is 21.3 Å². The Balaban J connectivity index is 2.59. The molecule has 0 saturated heterocycles. The fraction of sp³-hybridized carbons (Fsp3) is 0.294. The molecule has 2 aromatic carbocycles. The van der Waals surface area contributed by atoms with Crippen LogP contribution in [0.15, 0.2) is 36.4 Å². The summed E-state index contributed by atoms with van der Waals surface area (Å²) >= 11 is 0. The topological polar surface area (TPSA) is 30.5 Å². The Morgan fingerprint density at radius 2 is 1.81 bits per heavy atom. The van der Waals surface area contributed by atoms with E-state index in [9.17, 15) is 4.39 Å². The summed E-state index contributed by atoms with van der Waals surface area (Å²) in [4.78, 5) is 0. The van der Waals surface area contributed by atoms with Crippen molar-refractivity contribution < 1.29 is 13.9 Å². The third-order valence-electron chi connectivity index (χ3n) is 3.59. The first-order chi connectivity index (χ1) is 10.1. The molecule has 21 heavy (non-hydrogen) atoms. The molecule has 0 heterocycles. The van der Waals surface area contributed by atoms with Crippen LogP contribution >= 0.6 is 0 Å². The molecule has 112 valence electrons. The average molecular weight is 289 g/mol. The Bertz CT molecular complexity index is 628. The molecule has 1 atom stereocenters. The van der Waals surface area contributed by atoms with Crippen LogP contribution in [0.1, 0.15) is 22.7 Å². The fourth-order valence-electron chi connectivity index (χ4n) is 2.54. The Kier molecular flexibility index (Phi) is 4.81. The zero-order valence-corrected chi connectivity index (χ0v) is 12.7. The molecule has 3 nitrogen and oxygen atoms in total. The van der Waals surface area contributed by atoms with Crippen molar-refractivity contribution in [2.75, 3.05) is 21.3 Å². The second-order valence-electron chi connectivity index (χ2n) is 4.81. The number of hydrogen-bond donors (Lipinski definition) is 1. The van der Waals surface area contributed by atoms with Gasteiger partial charge in [0.15, 0.2) is 11.5 Å². The number of nitrogens with one attached hydrogen (secondary N) is 1. The van der Waals surface area contributed by atoms with Crippen molar-refractivity contribution in [3.63, 3.8) is 0 Å². The number of benzene rings is 2. The summed E-state index contributed by atoms with van der Waals surface area (Å²) < 4.78 is 24.4. The maximum Gasteiger partial charge on any atom is 0.165 e. The molecular weight excluding hydrogens is 269 g/mol. The number of para-hydroxylation sites is 1. The van der Waals surface area contributed by atoms with E-state index in [4.69, 9.17) is 9.47 Å². The molecule has 0 aliphatic heterocycles. The van der Waals surface area contributed by atoms with E-state index in [0.29, 0.717) is 11.5 Å². The second kappa shape index (κ2) is 6.59. The van der Waals surface area contributed by atoms with E-state index in [1.165, 1.54) is 6.07 Å². The zero-order chi connectivity index (χ0) is 15.4. The van der Waals surface area contributed by atoms with Gasteiger partial charge in [0.1, 0.15) is 5.82 Å². The summed E-state index contributed by atoms with van der Waals surface area (Å²) in [7, 11) is 5.05. The summed E-state index contributed by atoms with van der Waals surface area (Å²) in [5.41, 5.74) is 2.80. The number of hydrogen-bond acceptors (Lipinski definition) is 3. The van der Waals surface area contributed by atoms with Crippen LogP contribution in [0, 0.1) is 12.7 Å². The first-order valence-corrected chi connectivity index (χ1v) is 6.76. The van der Waals surface area contributed by atoms with Gasteiger partial charge in [-0.2, -0.15) is 0 Å². The maximum atomic E-state index is 13.6. The third-order valence-corrected chi connectivity index (χ3v) is 3.59. The van der Waals surface area contributed by atoms with Gasteiger partial charge in [0.05, 0.1) is 20.3 Å². The lowest BCUT2D eigenvalue weighted by Crippen LogP contribution is -2.20. The zero-order valence-electron chi connectivity index (χ0n) is 12.7. The van der Waals surface area contributed by atoms with Crippen LogP contribution in [0.3, 0.4) is 0 Å². The van der Waals surface area contributed by atoms with Crippen molar-refractivity contribution in [1.29, 1.82) is 0 Å². The van der Waals surface area contributed by atoms with Gasteiger partial charge in [-0.15, -0.1) is 0 Å². The van der Waals surface area contributed by atoms with Crippen LogP contribution in [0.4, 0.5) is 4.39 Å². The van der Waals surface area contributed by atoms with Gasteiger partial charge < -0.3 is 14.8 Å². The molecule has 2 aromatic rings. The Morgan fingerprint density at radius 3 is 2.43 bits per heavy atom. The van der Waals surface area contributed by atoms with Crippen LogP contribution < -0.4 is 14.8 Å². The highest BCUT2D eigenvalue weighted by Crippen LogP contribution is 2.37. The van der Waals surface area contributed by atoms with Crippen molar-refractivity contribution >= 4 is 0 Å². The molecule has 0 bridgehead atoms. The highest BCUT2D eigenvalue weighted by Gasteiger charge is 2.21. The van der Waals surface area contributed by atoms with E-state index in [2.05, 4.69) is 5.32 Å². The minimum Gasteiger partial charge on any atom is -0.493 e. The fourth-order valence-corrected chi connectivity index (χ4v) is 2.54. The molecule has 0 aliphatic carbocycles. The maximum absolute atomic E-state index is 13.6. The molecule has 0 spiro atoms. The first kappa shape index (κ1) is 15.3. The molecule has 0 aromatic heterocycles. The second-order valence-corrected chi connectivity index (χ2v) is 4.81. The van der Waals surface area contributed by atoms with Crippen molar-refractivity contribution in [3.8, 4) is 11.5 Å². The van der Waals surface area contributed by atoms with E-state index in [1.54, 1.807) is 26.4 Å². The number of rotatable bonds is 5. The van der Waals surface area contributed by atoms with Gasteiger partial charge in [0, 0.05) is 5.56 Å². The lowest BCUT2D eigenvalue weighted by atomic mass is 9.94. The number of methoxy groups -OCH3 is 2. The predicted molar refractivity (Wildman–Crippen MR) is 81.6 cm³/mol. The Labute approximate surface area is 124 Å². The van der Waals surface area contributed by atoms with Gasteiger partial charge in [0.2, 0.25) is 0 Å². The normalized spacial score (nSPS) is 12.0. The van der Waals surface area contributed by atoms with Gasteiger partial charge >= 0.3 is 0 Å². The molecule has 0 fully saturated rings. The smallest absolute Gasteiger partial charge is 0.165 e. The highest BCUT2D eigenvalue weighted by atomic mass is 19.1. The molecule has 1 N–H and O–H groups in total. The van der Waals surface area contributed by atoms with Gasteiger partial charge in [-0.05, 0) is 43.3 Å². The Hall–Kier alpha value is -2.07. The van der Waals surface area contributed by atoms with Crippen molar-refractivity contribution in [1.82, 2.24) is 5.32 Å². The van der Waals surface area contributed by atoms with E-state index in [0.717, 1.165) is 16.7 Å². The summed E-state index contributed by atoms with van der Waals surface area (Å²) in [6, 6.07) is 10.3. The van der Waals surface area contributed by atoms with E-state index in [-0.39, 0.29) is 11.9 Å². The Morgan fingerprint density at radius 1 is 1.05 bits per heavy atom. The minimum atomic E-state index is -0.252. The van der Waals surface area contributed by atoms with Gasteiger partial charge in [0.25, 0.3) is 0 Å². The molecule has 4 heteroatoms. The van der Waals surface area contributed by atoms with Gasteiger partial charge in [-0.3, -0.25) is 0 Å². The average Bonchev–Trinajstić information content (AvgIpc) is 2.51. The van der Waals surface area contributed by atoms with Crippen molar-refractivity contribution in [3.05, 3.63) is 58.9 Å². The summed E-state index contributed by atoms with van der Waals surface area (Å²) in [5.74, 6) is 1.06. The molecule has 0 saturated carbocycles. The minimum absolute atomic E-state index is 0.175. The third kappa shape index (κ3) is 3.00. The lowest BCUT2D eigenvalue weighted by Gasteiger charge is -2.22. The molecule has 1 unspecified atom stereocenters. The summed E-state index contributed by atoms with van der Waals surface area (Å²) in [5, 5.41) is 3.23. The van der Waals surface area contributed by atoms with E-state index >= 15 is 0 Å². The molecular formula is C17H20FNO2. The summed E-state index contributed by atoms with van der Waals surface area (Å²) in [6.45, 7) is 1.96. The van der Waals surface area contributed by atoms with Crippen molar-refractivity contribution in [2.24, 2.45) is 0 Å². The molecule has 0 amide bonds. The quantitative estimate of drug-likeness (QED) is 0.914. The van der Waals surface area contributed by atoms with E-state index in [1.807, 2.05) is 32.2 Å². The van der Waals surface area contributed by atoms with Gasteiger partial charge in [-0.25, -0.2) is 4.39 Å². The van der Waals surface area contributed by atoms with Crippen LogP contribution in [0.2, 0.25) is 0 Å². The SMILES string of the molecule is CNC(c1cc(F)ccc1C)c1cccc(OC)c1OC. The van der Waals surface area contributed by atoms with Crippen LogP contribution in [-0.2, 0) is 0 Å². The molecule has 0 aliphatic rings.